The van der Waals surface area contributed by atoms with Crippen molar-refractivity contribution in [1.29, 1.82) is 0 Å². The van der Waals surface area contributed by atoms with Crippen LogP contribution >= 0.6 is 11.3 Å². The highest BCUT2D eigenvalue weighted by Crippen LogP contribution is 2.30. The monoisotopic (exact) mass is 445 g/mol. The van der Waals surface area contributed by atoms with Gasteiger partial charge < -0.3 is 19.4 Å². The van der Waals surface area contributed by atoms with Crippen LogP contribution in [0.3, 0.4) is 0 Å². The highest BCUT2D eigenvalue weighted by atomic mass is 32.1. The Bertz CT molecular complexity index is 892. The van der Waals surface area contributed by atoms with Crippen molar-refractivity contribution in [3.05, 3.63) is 40.7 Å². The van der Waals surface area contributed by atoms with Crippen molar-refractivity contribution < 1.29 is 18.7 Å². The van der Waals surface area contributed by atoms with E-state index in [1.54, 1.807) is 12.1 Å². The van der Waals surface area contributed by atoms with Crippen molar-refractivity contribution in [2.75, 3.05) is 38.0 Å². The molecule has 7 nitrogen and oxygen atoms in total. The molecular weight excluding hydrogens is 414 g/mol. The molecule has 4 rings (SSSR count). The molecular formula is C23H31N3O4S. The standard InChI is InChI=1S/C23H31N3O4S/c1-15-11-20(24-22(27)19-5-4-10-29-19)31-21(15)23(28)26-8-6-18(7-9-26)14-25-12-16(2)30-17(3)13-25/h4-5,10-11,16-18H,6-9,12-14H2,1-3H3,(H,24,27). The summed E-state index contributed by atoms with van der Waals surface area (Å²) in [6.07, 6.45) is 4.09. The van der Waals surface area contributed by atoms with Crippen LogP contribution in [0.5, 0.6) is 0 Å². The summed E-state index contributed by atoms with van der Waals surface area (Å²) in [7, 11) is 0. The first kappa shape index (κ1) is 22.0. The number of furan rings is 1. The molecule has 2 aliphatic heterocycles. The maximum Gasteiger partial charge on any atom is 0.291 e. The highest BCUT2D eigenvalue weighted by Gasteiger charge is 2.29. The lowest BCUT2D eigenvalue weighted by molar-refractivity contribution is -0.0728. The second-order valence-corrected chi connectivity index (χ2v) is 9.82. The van der Waals surface area contributed by atoms with Crippen molar-refractivity contribution in [3.63, 3.8) is 0 Å². The van der Waals surface area contributed by atoms with Crippen LogP contribution in [0.4, 0.5) is 5.00 Å². The summed E-state index contributed by atoms with van der Waals surface area (Å²) in [6.45, 7) is 10.8. The van der Waals surface area contributed by atoms with Gasteiger partial charge in [0, 0.05) is 32.7 Å². The number of carbonyl (C=O) groups is 2. The van der Waals surface area contributed by atoms with Gasteiger partial charge in [0.2, 0.25) is 0 Å². The molecule has 2 aliphatic rings. The summed E-state index contributed by atoms with van der Waals surface area (Å²) in [4.78, 5) is 30.5. The highest BCUT2D eigenvalue weighted by molar-refractivity contribution is 7.18. The first-order valence-corrected chi connectivity index (χ1v) is 11.8. The van der Waals surface area contributed by atoms with Crippen LogP contribution in [-0.2, 0) is 4.74 Å². The topological polar surface area (TPSA) is 75.0 Å². The van der Waals surface area contributed by atoms with E-state index >= 15 is 0 Å². The number of anilines is 1. The molecule has 4 heterocycles. The van der Waals surface area contributed by atoms with E-state index < -0.39 is 0 Å². The molecule has 0 radical (unpaired) electrons. The van der Waals surface area contributed by atoms with E-state index in [1.807, 2.05) is 17.9 Å². The van der Waals surface area contributed by atoms with Gasteiger partial charge in [-0.25, -0.2) is 0 Å². The smallest absolute Gasteiger partial charge is 0.291 e. The molecule has 2 aromatic heterocycles. The number of amides is 2. The lowest BCUT2D eigenvalue weighted by atomic mass is 9.95. The van der Waals surface area contributed by atoms with Gasteiger partial charge in [-0.05, 0) is 63.3 Å². The maximum atomic E-state index is 13.1. The normalized spacial score (nSPS) is 23.1. The number of nitrogens with one attached hydrogen (secondary N) is 1. The molecule has 31 heavy (non-hydrogen) atoms. The van der Waals surface area contributed by atoms with Gasteiger partial charge in [0.1, 0.15) is 0 Å². The first-order valence-electron chi connectivity index (χ1n) is 11.0. The average molecular weight is 446 g/mol. The minimum atomic E-state index is -0.308. The molecule has 2 aromatic rings. The number of ether oxygens (including phenoxy) is 1. The van der Waals surface area contributed by atoms with Crippen LogP contribution < -0.4 is 5.32 Å². The SMILES string of the molecule is Cc1cc(NC(=O)c2ccco2)sc1C(=O)N1CCC(CN2CC(C)OC(C)C2)CC1. The Balaban J connectivity index is 1.30. The predicted octanol–water partition coefficient (Wildman–Crippen LogP) is 3.86. The number of morpholine rings is 1. The van der Waals surface area contributed by atoms with E-state index in [0.29, 0.717) is 15.8 Å². The molecule has 0 aromatic carbocycles. The average Bonchev–Trinajstić information content (AvgIpc) is 3.37. The van der Waals surface area contributed by atoms with E-state index in [4.69, 9.17) is 9.15 Å². The van der Waals surface area contributed by atoms with E-state index in [1.165, 1.54) is 17.6 Å². The van der Waals surface area contributed by atoms with Gasteiger partial charge in [-0.3, -0.25) is 14.5 Å². The van der Waals surface area contributed by atoms with Gasteiger partial charge in [-0.2, -0.15) is 0 Å². The molecule has 1 N–H and O–H groups in total. The molecule has 2 fully saturated rings. The third-order valence-electron chi connectivity index (χ3n) is 6.01. The van der Waals surface area contributed by atoms with Gasteiger partial charge in [0.05, 0.1) is 28.3 Å². The van der Waals surface area contributed by atoms with Crippen molar-refractivity contribution >= 4 is 28.2 Å². The maximum absolute atomic E-state index is 13.1. The fraction of sp³-hybridized carbons (Fsp3) is 0.565. The van der Waals surface area contributed by atoms with E-state index in [9.17, 15) is 9.59 Å². The van der Waals surface area contributed by atoms with E-state index in [-0.39, 0.29) is 29.8 Å². The minimum absolute atomic E-state index is 0.0630. The van der Waals surface area contributed by atoms with Crippen molar-refractivity contribution in [3.8, 4) is 0 Å². The third kappa shape index (κ3) is 5.37. The zero-order valence-corrected chi connectivity index (χ0v) is 19.2. The van der Waals surface area contributed by atoms with Crippen molar-refractivity contribution in [2.24, 2.45) is 5.92 Å². The van der Waals surface area contributed by atoms with Crippen LogP contribution in [0.1, 0.15) is 52.5 Å². The Hall–Kier alpha value is -2.16. The third-order valence-corrected chi connectivity index (χ3v) is 7.15. The van der Waals surface area contributed by atoms with Gasteiger partial charge >= 0.3 is 0 Å². The molecule has 2 unspecified atom stereocenters. The second kappa shape index (κ2) is 9.54. The predicted molar refractivity (Wildman–Crippen MR) is 121 cm³/mol. The van der Waals surface area contributed by atoms with Crippen LogP contribution in [0.2, 0.25) is 0 Å². The zero-order valence-electron chi connectivity index (χ0n) is 18.4. The number of rotatable bonds is 5. The Morgan fingerprint density at radius 1 is 1.19 bits per heavy atom. The lowest BCUT2D eigenvalue weighted by Crippen LogP contribution is -2.48. The van der Waals surface area contributed by atoms with Crippen LogP contribution in [-0.4, -0.2) is 66.5 Å². The van der Waals surface area contributed by atoms with E-state index in [2.05, 4.69) is 24.1 Å². The molecule has 0 aliphatic carbocycles. The van der Waals surface area contributed by atoms with Crippen molar-refractivity contribution in [1.82, 2.24) is 9.80 Å². The minimum Gasteiger partial charge on any atom is -0.459 e. The number of hydrogen-bond acceptors (Lipinski definition) is 6. The molecule has 8 heteroatoms. The fourth-order valence-corrected chi connectivity index (χ4v) is 5.63. The Morgan fingerprint density at radius 3 is 2.55 bits per heavy atom. The number of likely N-dealkylation sites (tertiary alicyclic amines) is 1. The summed E-state index contributed by atoms with van der Waals surface area (Å²) in [5.74, 6) is 0.630. The Morgan fingerprint density at radius 2 is 1.90 bits per heavy atom. The van der Waals surface area contributed by atoms with Gasteiger partial charge in [-0.15, -0.1) is 11.3 Å². The van der Waals surface area contributed by atoms with Crippen molar-refractivity contribution in [2.45, 2.75) is 45.8 Å². The first-order chi connectivity index (χ1) is 14.9. The van der Waals surface area contributed by atoms with Crippen LogP contribution in [0.15, 0.2) is 28.9 Å². The number of aryl methyl sites for hydroxylation is 1. The Labute approximate surface area is 187 Å². The summed E-state index contributed by atoms with van der Waals surface area (Å²) < 4.78 is 11.0. The molecule has 0 bridgehead atoms. The molecule has 2 amide bonds. The van der Waals surface area contributed by atoms with E-state index in [0.717, 1.165) is 51.1 Å². The fourth-order valence-electron chi connectivity index (χ4n) is 4.60. The van der Waals surface area contributed by atoms with Crippen LogP contribution in [0.25, 0.3) is 0 Å². The lowest BCUT2D eigenvalue weighted by Gasteiger charge is -2.39. The van der Waals surface area contributed by atoms with Gasteiger partial charge in [-0.1, -0.05) is 0 Å². The summed E-state index contributed by atoms with van der Waals surface area (Å²) in [6, 6.07) is 5.14. The summed E-state index contributed by atoms with van der Waals surface area (Å²) in [5, 5.41) is 3.48. The summed E-state index contributed by atoms with van der Waals surface area (Å²) in [5.41, 5.74) is 0.892. The molecule has 2 atom stereocenters. The number of thiophene rings is 1. The second-order valence-electron chi connectivity index (χ2n) is 8.77. The molecule has 0 spiro atoms. The summed E-state index contributed by atoms with van der Waals surface area (Å²) >= 11 is 1.33. The number of nitrogens with zero attached hydrogens (tertiary/aromatic N) is 2. The Kier molecular flexibility index (Phi) is 6.79. The number of piperidine rings is 1. The zero-order chi connectivity index (χ0) is 22.0. The number of hydrogen-bond donors (Lipinski definition) is 1. The largest absolute Gasteiger partial charge is 0.459 e. The molecule has 2 saturated heterocycles. The van der Waals surface area contributed by atoms with Gasteiger partial charge in [0.15, 0.2) is 5.76 Å². The van der Waals surface area contributed by atoms with Gasteiger partial charge in [0.25, 0.3) is 11.8 Å². The number of carbonyl (C=O) groups excluding carboxylic acids is 2. The quantitative estimate of drug-likeness (QED) is 0.756. The molecule has 168 valence electrons. The van der Waals surface area contributed by atoms with Crippen LogP contribution in [0, 0.1) is 12.8 Å². The molecule has 0 saturated carbocycles.